The van der Waals surface area contributed by atoms with Gasteiger partial charge >= 0.3 is 5.97 Å². The summed E-state index contributed by atoms with van der Waals surface area (Å²) in [4.78, 5) is 22.6. The van der Waals surface area contributed by atoms with Crippen LogP contribution in [-0.4, -0.2) is 29.6 Å². The topological polar surface area (TPSA) is 75.6 Å². The summed E-state index contributed by atoms with van der Waals surface area (Å²) in [6.07, 6.45) is 2.07. The van der Waals surface area contributed by atoms with Crippen LogP contribution in [0, 0.1) is 5.92 Å². The number of rotatable bonds is 6. The van der Waals surface area contributed by atoms with E-state index in [2.05, 4.69) is 5.32 Å². The van der Waals surface area contributed by atoms with Gasteiger partial charge in [0.2, 0.25) is 5.91 Å². The maximum absolute atomic E-state index is 11.8. The predicted molar refractivity (Wildman–Crippen MR) is 78.5 cm³/mol. The molecule has 0 saturated heterocycles. The molecular formula is C15H18ClNO4. The fourth-order valence-corrected chi connectivity index (χ4v) is 2.64. The Hall–Kier alpha value is -1.75. The number of carbonyl (C=O) groups excluding carboxylic acids is 1. The molecule has 0 bridgehead atoms. The summed E-state index contributed by atoms with van der Waals surface area (Å²) in [5.74, 6) is -0.694. The van der Waals surface area contributed by atoms with Crippen LogP contribution in [0.15, 0.2) is 24.3 Å². The molecule has 114 valence electrons. The monoisotopic (exact) mass is 311 g/mol. The molecular weight excluding hydrogens is 294 g/mol. The van der Waals surface area contributed by atoms with Crippen LogP contribution in [0.5, 0.6) is 5.75 Å². The number of nitrogens with one attached hydrogen (secondary N) is 1. The molecule has 0 aromatic heterocycles. The van der Waals surface area contributed by atoms with Gasteiger partial charge < -0.3 is 15.2 Å². The van der Waals surface area contributed by atoms with Crippen molar-refractivity contribution in [3.63, 3.8) is 0 Å². The fraction of sp³-hybridized carbons (Fsp3) is 0.467. The number of halogens is 1. The fourth-order valence-electron chi connectivity index (χ4n) is 2.45. The number of carbonyl (C=O) groups is 2. The van der Waals surface area contributed by atoms with Gasteiger partial charge in [0.1, 0.15) is 5.75 Å². The quantitative estimate of drug-likeness (QED) is 0.846. The van der Waals surface area contributed by atoms with Gasteiger partial charge in [0.05, 0.1) is 24.0 Å². The minimum atomic E-state index is -0.784. The highest BCUT2D eigenvalue weighted by Gasteiger charge is 2.30. The number of para-hydroxylation sites is 1. The Kier molecular flexibility index (Phi) is 5.44. The van der Waals surface area contributed by atoms with Crippen LogP contribution in [-0.2, 0) is 9.59 Å². The number of ether oxygens (including phenoxy) is 1. The third-order valence-electron chi connectivity index (χ3n) is 3.57. The molecule has 0 unspecified atom stereocenters. The van der Waals surface area contributed by atoms with E-state index in [1.54, 1.807) is 18.2 Å². The lowest BCUT2D eigenvalue weighted by atomic mass is 10.1. The lowest BCUT2D eigenvalue weighted by Gasteiger charge is -2.13. The second kappa shape index (κ2) is 7.31. The number of carboxylic acid groups (broad SMARTS) is 1. The van der Waals surface area contributed by atoms with Gasteiger partial charge in [-0.25, -0.2) is 0 Å². The zero-order chi connectivity index (χ0) is 15.2. The Morgan fingerprint density at radius 1 is 1.33 bits per heavy atom. The van der Waals surface area contributed by atoms with E-state index in [1.165, 1.54) is 0 Å². The van der Waals surface area contributed by atoms with Crippen molar-refractivity contribution in [1.82, 2.24) is 5.32 Å². The zero-order valence-electron chi connectivity index (χ0n) is 11.5. The molecule has 2 rings (SSSR count). The molecule has 1 aliphatic rings. The van der Waals surface area contributed by atoms with Crippen LogP contribution in [0.3, 0.4) is 0 Å². The highest BCUT2D eigenvalue weighted by molar-refractivity contribution is 6.32. The third kappa shape index (κ3) is 4.63. The van der Waals surface area contributed by atoms with Gasteiger partial charge in [0, 0.05) is 6.04 Å². The normalized spacial score (nSPS) is 21.0. The van der Waals surface area contributed by atoms with Crippen molar-refractivity contribution in [2.24, 2.45) is 5.92 Å². The van der Waals surface area contributed by atoms with Gasteiger partial charge in [0.15, 0.2) is 0 Å². The van der Waals surface area contributed by atoms with E-state index in [0.29, 0.717) is 30.0 Å². The van der Waals surface area contributed by atoms with E-state index in [4.69, 9.17) is 21.4 Å². The molecule has 1 aliphatic carbocycles. The number of amides is 1. The van der Waals surface area contributed by atoms with Crippen LogP contribution < -0.4 is 10.1 Å². The highest BCUT2D eigenvalue weighted by atomic mass is 35.5. The van der Waals surface area contributed by atoms with Crippen molar-refractivity contribution < 1.29 is 19.4 Å². The van der Waals surface area contributed by atoms with E-state index < -0.39 is 5.97 Å². The summed E-state index contributed by atoms with van der Waals surface area (Å²) >= 11 is 5.94. The van der Waals surface area contributed by atoms with Crippen LogP contribution in [0.1, 0.15) is 25.7 Å². The summed E-state index contributed by atoms with van der Waals surface area (Å²) in [5.41, 5.74) is 0. The molecule has 5 nitrogen and oxygen atoms in total. The summed E-state index contributed by atoms with van der Waals surface area (Å²) in [6, 6.07) is 7.04. The highest BCUT2D eigenvalue weighted by Crippen LogP contribution is 2.26. The molecule has 2 N–H and O–H groups in total. The van der Waals surface area contributed by atoms with E-state index in [1.807, 2.05) is 6.07 Å². The largest absolute Gasteiger partial charge is 0.491 e. The van der Waals surface area contributed by atoms with Gasteiger partial charge in [0.25, 0.3) is 0 Å². The first-order valence-electron chi connectivity index (χ1n) is 6.95. The molecule has 2 atom stereocenters. The average Bonchev–Trinajstić information content (AvgIpc) is 2.89. The van der Waals surface area contributed by atoms with E-state index >= 15 is 0 Å². The van der Waals surface area contributed by atoms with E-state index in [9.17, 15) is 9.59 Å². The van der Waals surface area contributed by atoms with Crippen molar-refractivity contribution in [1.29, 1.82) is 0 Å². The molecule has 1 amide bonds. The summed E-state index contributed by atoms with van der Waals surface area (Å²) in [5, 5.41) is 12.3. The van der Waals surface area contributed by atoms with Crippen LogP contribution in [0.2, 0.25) is 5.02 Å². The SMILES string of the molecule is O=C(CCOc1ccccc1Cl)N[C@H]1CC[C@@H](C(=O)O)C1. The lowest BCUT2D eigenvalue weighted by molar-refractivity contribution is -0.141. The van der Waals surface area contributed by atoms with Crippen molar-refractivity contribution in [3.8, 4) is 5.75 Å². The van der Waals surface area contributed by atoms with E-state index in [-0.39, 0.29) is 30.9 Å². The number of aliphatic carboxylic acids is 1. The van der Waals surface area contributed by atoms with Crippen molar-refractivity contribution in [2.45, 2.75) is 31.7 Å². The molecule has 1 aromatic rings. The zero-order valence-corrected chi connectivity index (χ0v) is 12.3. The van der Waals surface area contributed by atoms with Crippen LogP contribution >= 0.6 is 11.6 Å². The van der Waals surface area contributed by atoms with Gasteiger partial charge in [-0.05, 0) is 31.4 Å². The number of hydrogen-bond donors (Lipinski definition) is 2. The molecule has 1 fully saturated rings. The van der Waals surface area contributed by atoms with Gasteiger partial charge in [-0.3, -0.25) is 9.59 Å². The van der Waals surface area contributed by atoms with Crippen molar-refractivity contribution in [2.75, 3.05) is 6.61 Å². The lowest BCUT2D eigenvalue weighted by Crippen LogP contribution is -2.34. The standard InChI is InChI=1S/C15H18ClNO4/c16-12-3-1-2-4-13(12)21-8-7-14(18)17-11-6-5-10(9-11)15(19)20/h1-4,10-11H,5-9H2,(H,17,18)(H,19,20)/t10-,11+/m1/s1. The van der Waals surface area contributed by atoms with E-state index in [0.717, 1.165) is 0 Å². The first kappa shape index (κ1) is 15.6. The Morgan fingerprint density at radius 3 is 2.76 bits per heavy atom. The summed E-state index contributed by atoms with van der Waals surface area (Å²) in [6.45, 7) is 0.241. The molecule has 0 radical (unpaired) electrons. The molecule has 0 aliphatic heterocycles. The molecule has 21 heavy (non-hydrogen) atoms. The van der Waals surface area contributed by atoms with Gasteiger partial charge in [-0.1, -0.05) is 23.7 Å². The maximum Gasteiger partial charge on any atom is 0.306 e. The smallest absolute Gasteiger partial charge is 0.306 e. The second-order valence-corrected chi connectivity index (χ2v) is 5.55. The van der Waals surface area contributed by atoms with Crippen LogP contribution in [0.4, 0.5) is 0 Å². The molecule has 1 aromatic carbocycles. The molecule has 1 saturated carbocycles. The van der Waals surface area contributed by atoms with Crippen molar-refractivity contribution in [3.05, 3.63) is 29.3 Å². The first-order chi connectivity index (χ1) is 10.1. The first-order valence-corrected chi connectivity index (χ1v) is 7.33. The Bertz CT molecular complexity index is 520. The Morgan fingerprint density at radius 2 is 2.10 bits per heavy atom. The minimum Gasteiger partial charge on any atom is -0.491 e. The molecule has 0 heterocycles. The average molecular weight is 312 g/mol. The maximum atomic E-state index is 11.8. The second-order valence-electron chi connectivity index (χ2n) is 5.14. The Balaban J connectivity index is 1.69. The number of benzene rings is 1. The summed E-state index contributed by atoms with van der Waals surface area (Å²) < 4.78 is 5.44. The third-order valence-corrected chi connectivity index (χ3v) is 3.88. The van der Waals surface area contributed by atoms with Crippen LogP contribution in [0.25, 0.3) is 0 Å². The molecule has 0 spiro atoms. The Labute approximate surface area is 128 Å². The molecule has 6 heteroatoms. The number of carboxylic acids is 1. The van der Waals surface area contributed by atoms with Gasteiger partial charge in [-0.2, -0.15) is 0 Å². The van der Waals surface area contributed by atoms with Crippen molar-refractivity contribution >= 4 is 23.5 Å². The summed E-state index contributed by atoms with van der Waals surface area (Å²) in [7, 11) is 0. The van der Waals surface area contributed by atoms with Gasteiger partial charge in [-0.15, -0.1) is 0 Å². The number of hydrogen-bond acceptors (Lipinski definition) is 3. The minimum absolute atomic E-state index is 0.0427. The predicted octanol–water partition coefficient (Wildman–Crippen LogP) is 2.48.